The third-order valence-corrected chi connectivity index (χ3v) is 7.89. The van der Waals surface area contributed by atoms with E-state index in [9.17, 15) is 4.79 Å². The molecule has 1 aliphatic carbocycles. The molecule has 0 atom stereocenters. The molecule has 4 aromatic carbocycles. The van der Waals surface area contributed by atoms with Crippen molar-refractivity contribution in [2.75, 3.05) is 33.5 Å². The minimum Gasteiger partial charge on any atom is -0.497 e. The van der Waals surface area contributed by atoms with Gasteiger partial charge >= 0.3 is 5.97 Å². The van der Waals surface area contributed by atoms with Crippen LogP contribution in [-0.4, -0.2) is 44.1 Å². The van der Waals surface area contributed by atoms with Crippen LogP contribution in [0.15, 0.2) is 97.1 Å². The molecule has 232 valence electrons. The molecule has 0 amide bonds. The average Bonchev–Trinajstić information content (AvgIpc) is 3.85. The summed E-state index contributed by atoms with van der Waals surface area (Å²) in [5.41, 5.74) is 5.17. The largest absolute Gasteiger partial charge is 0.497 e. The van der Waals surface area contributed by atoms with Crippen LogP contribution in [-0.2, 0) is 22.6 Å². The molecule has 7 heteroatoms. The molecule has 1 aromatic heterocycles. The predicted molar refractivity (Wildman–Crippen MR) is 175 cm³/mol. The molecular formula is C38H39NO6. The van der Waals surface area contributed by atoms with Crippen molar-refractivity contribution in [2.24, 2.45) is 5.92 Å². The Morgan fingerprint density at radius 2 is 1.58 bits per heavy atom. The van der Waals surface area contributed by atoms with Crippen molar-refractivity contribution < 1.29 is 28.5 Å². The van der Waals surface area contributed by atoms with E-state index < -0.39 is 0 Å². The smallest absolute Gasteiger partial charge is 0.355 e. The van der Waals surface area contributed by atoms with Crippen molar-refractivity contribution in [3.63, 3.8) is 0 Å². The van der Waals surface area contributed by atoms with Crippen molar-refractivity contribution in [3.8, 4) is 28.4 Å². The molecule has 0 unspecified atom stereocenters. The van der Waals surface area contributed by atoms with Crippen molar-refractivity contribution in [1.82, 2.24) is 4.57 Å². The fourth-order valence-electron chi connectivity index (χ4n) is 5.47. The fourth-order valence-corrected chi connectivity index (χ4v) is 5.47. The Kier molecular flexibility index (Phi) is 9.66. The Morgan fingerprint density at radius 3 is 2.38 bits per heavy atom. The van der Waals surface area contributed by atoms with Gasteiger partial charge in [-0.1, -0.05) is 54.6 Å². The number of esters is 1. The lowest BCUT2D eigenvalue weighted by Gasteiger charge is -2.13. The molecule has 1 heterocycles. The van der Waals surface area contributed by atoms with E-state index in [0.717, 1.165) is 44.7 Å². The van der Waals surface area contributed by atoms with Gasteiger partial charge in [-0.25, -0.2) is 4.79 Å². The standard InChI is InChI=1S/C38H39NO6/c1-3-43-38(40)37-36(30-12-8-14-32(22-30)45-26-28-15-16-28)34-23-33(44-20-19-42-25-27-9-5-4-6-10-27)17-18-35(34)39(37)24-29-11-7-13-31(21-29)41-2/h4-14,17-18,21-23,28H,3,15-16,19-20,24-26H2,1-2H3. The molecule has 0 spiro atoms. The quantitative estimate of drug-likeness (QED) is 0.0892. The van der Waals surface area contributed by atoms with Crippen LogP contribution in [0.5, 0.6) is 17.2 Å². The van der Waals surface area contributed by atoms with Crippen LogP contribution in [0.4, 0.5) is 0 Å². The molecule has 0 bridgehead atoms. The molecule has 6 rings (SSSR count). The summed E-state index contributed by atoms with van der Waals surface area (Å²) in [7, 11) is 1.65. The lowest BCUT2D eigenvalue weighted by molar-refractivity contribution is 0.0516. The first kappa shape index (κ1) is 30.3. The van der Waals surface area contributed by atoms with Crippen LogP contribution in [0.2, 0.25) is 0 Å². The van der Waals surface area contributed by atoms with Gasteiger partial charge in [0, 0.05) is 23.0 Å². The minimum atomic E-state index is -0.382. The number of aromatic nitrogens is 1. The molecule has 45 heavy (non-hydrogen) atoms. The second kappa shape index (κ2) is 14.4. The monoisotopic (exact) mass is 605 g/mol. The molecule has 0 radical (unpaired) electrons. The van der Waals surface area contributed by atoms with Gasteiger partial charge in [0.1, 0.15) is 29.5 Å². The first-order valence-corrected chi connectivity index (χ1v) is 15.6. The summed E-state index contributed by atoms with van der Waals surface area (Å²) in [4.78, 5) is 13.7. The lowest BCUT2D eigenvalue weighted by atomic mass is 10.0. The van der Waals surface area contributed by atoms with E-state index in [2.05, 4.69) is 0 Å². The van der Waals surface area contributed by atoms with Crippen molar-refractivity contribution in [1.29, 1.82) is 0 Å². The van der Waals surface area contributed by atoms with Gasteiger partial charge in [0.25, 0.3) is 0 Å². The number of rotatable bonds is 15. The van der Waals surface area contributed by atoms with Crippen LogP contribution < -0.4 is 14.2 Å². The van der Waals surface area contributed by atoms with E-state index in [-0.39, 0.29) is 12.6 Å². The number of ether oxygens (including phenoxy) is 5. The summed E-state index contributed by atoms with van der Waals surface area (Å²) in [6, 6.07) is 31.9. The van der Waals surface area contributed by atoms with E-state index in [1.165, 1.54) is 12.8 Å². The lowest BCUT2D eigenvalue weighted by Crippen LogP contribution is -2.14. The number of carbonyl (C=O) groups is 1. The predicted octanol–water partition coefficient (Wildman–Crippen LogP) is 7.93. The van der Waals surface area contributed by atoms with Gasteiger partial charge < -0.3 is 28.3 Å². The van der Waals surface area contributed by atoms with Crippen LogP contribution >= 0.6 is 0 Å². The van der Waals surface area contributed by atoms with Gasteiger partial charge in [-0.15, -0.1) is 0 Å². The second-order valence-electron chi connectivity index (χ2n) is 11.2. The molecule has 0 saturated heterocycles. The fraction of sp³-hybridized carbons (Fsp3) is 0.289. The topological polar surface area (TPSA) is 68.2 Å². The van der Waals surface area contributed by atoms with Gasteiger partial charge in [-0.05, 0) is 84.8 Å². The zero-order valence-corrected chi connectivity index (χ0v) is 25.9. The van der Waals surface area contributed by atoms with Crippen LogP contribution in [0.3, 0.4) is 0 Å². The highest BCUT2D eigenvalue weighted by Crippen LogP contribution is 2.39. The first-order valence-electron chi connectivity index (χ1n) is 15.6. The summed E-state index contributed by atoms with van der Waals surface area (Å²) in [5, 5.41) is 0.892. The normalized spacial score (nSPS) is 12.7. The van der Waals surface area contributed by atoms with Gasteiger partial charge in [-0.3, -0.25) is 0 Å². The van der Waals surface area contributed by atoms with Gasteiger partial charge in [0.2, 0.25) is 0 Å². The number of nitrogens with zero attached hydrogens (tertiary/aromatic N) is 1. The van der Waals surface area contributed by atoms with Crippen LogP contribution in [0.1, 0.15) is 41.4 Å². The van der Waals surface area contributed by atoms with E-state index in [1.54, 1.807) is 7.11 Å². The molecule has 0 N–H and O–H groups in total. The van der Waals surface area contributed by atoms with Crippen molar-refractivity contribution >= 4 is 16.9 Å². The SMILES string of the molecule is CCOC(=O)c1c(-c2cccc(OCC3CC3)c2)c2cc(OCCOCc3ccccc3)ccc2n1Cc1cccc(OC)c1. The summed E-state index contributed by atoms with van der Waals surface area (Å²) >= 11 is 0. The molecule has 5 aromatic rings. The Hall–Kier alpha value is -4.75. The van der Waals surface area contributed by atoms with Crippen molar-refractivity contribution in [3.05, 3.63) is 114 Å². The molecule has 1 aliphatic rings. The Labute approximate surface area is 264 Å². The van der Waals surface area contributed by atoms with E-state index in [4.69, 9.17) is 23.7 Å². The summed E-state index contributed by atoms with van der Waals surface area (Å²) in [5.74, 6) is 2.48. The minimum absolute atomic E-state index is 0.265. The zero-order valence-electron chi connectivity index (χ0n) is 25.9. The highest BCUT2D eigenvalue weighted by molar-refractivity contribution is 6.09. The Morgan fingerprint density at radius 1 is 0.800 bits per heavy atom. The first-order chi connectivity index (χ1) is 22.1. The second-order valence-corrected chi connectivity index (χ2v) is 11.2. The number of fused-ring (bicyclic) bond motifs is 1. The number of hydrogen-bond acceptors (Lipinski definition) is 6. The van der Waals surface area contributed by atoms with Gasteiger partial charge in [0.15, 0.2) is 0 Å². The maximum Gasteiger partial charge on any atom is 0.355 e. The maximum atomic E-state index is 13.7. The number of hydrogen-bond donors (Lipinski definition) is 0. The maximum absolute atomic E-state index is 13.7. The van der Waals surface area contributed by atoms with E-state index in [1.807, 2.05) is 109 Å². The average molecular weight is 606 g/mol. The van der Waals surface area contributed by atoms with E-state index >= 15 is 0 Å². The summed E-state index contributed by atoms with van der Waals surface area (Å²) < 4.78 is 31.3. The Bertz CT molecular complexity index is 1740. The third-order valence-electron chi connectivity index (χ3n) is 7.89. The third kappa shape index (κ3) is 7.49. The van der Waals surface area contributed by atoms with E-state index in [0.29, 0.717) is 50.3 Å². The van der Waals surface area contributed by atoms with Crippen LogP contribution in [0, 0.1) is 5.92 Å². The van der Waals surface area contributed by atoms with Gasteiger partial charge in [0.05, 0.1) is 33.5 Å². The highest BCUT2D eigenvalue weighted by atomic mass is 16.5. The Balaban J connectivity index is 1.37. The number of carbonyl (C=O) groups excluding carboxylic acids is 1. The molecule has 0 aliphatic heterocycles. The number of benzene rings is 4. The summed E-state index contributed by atoms with van der Waals surface area (Å²) in [6.45, 7) is 4.62. The molecule has 1 fully saturated rings. The van der Waals surface area contributed by atoms with Gasteiger partial charge in [-0.2, -0.15) is 0 Å². The summed E-state index contributed by atoms with van der Waals surface area (Å²) in [6.07, 6.45) is 2.43. The van der Waals surface area contributed by atoms with Crippen LogP contribution in [0.25, 0.3) is 22.0 Å². The molecular weight excluding hydrogens is 566 g/mol. The van der Waals surface area contributed by atoms with Crippen molar-refractivity contribution in [2.45, 2.75) is 32.9 Å². The number of methoxy groups -OCH3 is 1. The molecule has 1 saturated carbocycles. The highest BCUT2D eigenvalue weighted by Gasteiger charge is 2.27. The molecule has 7 nitrogen and oxygen atoms in total. The zero-order chi connectivity index (χ0) is 31.0.